The smallest absolute Gasteiger partial charge is 0.261 e. The summed E-state index contributed by atoms with van der Waals surface area (Å²) >= 11 is 0. The molecule has 3 nitrogen and oxygen atoms in total. The van der Waals surface area contributed by atoms with Crippen molar-refractivity contribution in [2.75, 3.05) is 13.2 Å². The van der Waals surface area contributed by atoms with Gasteiger partial charge in [0.1, 0.15) is 6.61 Å². The molecule has 0 saturated carbocycles. The third-order valence-corrected chi connectivity index (χ3v) is 2.42. The maximum Gasteiger partial charge on any atom is 0.261 e. The Kier molecular flexibility index (Phi) is 6.69. The van der Waals surface area contributed by atoms with Crippen molar-refractivity contribution < 1.29 is 13.5 Å². The van der Waals surface area contributed by atoms with Crippen LogP contribution in [-0.2, 0) is 11.2 Å². The Balaban J connectivity index is 2.24. The summed E-state index contributed by atoms with van der Waals surface area (Å²) in [5, 5.41) is 0. The second-order valence-electron chi connectivity index (χ2n) is 3.81. The fourth-order valence-corrected chi connectivity index (χ4v) is 1.54. The monoisotopic (exact) mass is 244 g/mol. The average molecular weight is 244 g/mol. The molecular weight excluding hydrogens is 226 g/mol. The summed E-state index contributed by atoms with van der Waals surface area (Å²) < 4.78 is 28.5. The van der Waals surface area contributed by atoms with E-state index in [1.807, 2.05) is 30.3 Å². The molecule has 3 N–H and O–H groups in total. The number of nitrogens with two attached hydrogens (primary N) is 1. The first-order valence-electron chi connectivity index (χ1n) is 5.58. The molecular formula is C12H18F2N2O. The minimum Gasteiger partial charge on any atom is -0.375 e. The van der Waals surface area contributed by atoms with Crippen LogP contribution in [0.1, 0.15) is 12.0 Å². The van der Waals surface area contributed by atoms with Crippen LogP contribution < -0.4 is 11.3 Å². The first-order chi connectivity index (χ1) is 8.22. The molecule has 0 heterocycles. The highest BCUT2D eigenvalue weighted by Gasteiger charge is 2.08. The van der Waals surface area contributed by atoms with Crippen LogP contribution in [-0.4, -0.2) is 25.7 Å². The van der Waals surface area contributed by atoms with E-state index in [0.717, 1.165) is 12.0 Å². The number of hydrogen-bond donors (Lipinski definition) is 2. The molecule has 1 aromatic rings. The maximum absolute atomic E-state index is 11.8. The van der Waals surface area contributed by atoms with E-state index >= 15 is 0 Å². The van der Waals surface area contributed by atoms with Gasteiger partial charge < -0.3 is 4.74 Å². The third-order valence-electron chi connectivity index (χ3n) is 2.42. The summed E-state index contributed by atoms with van der Waals surface area (Å²) in [5.41, 5.74) is 3.83. The van der Waals surface area contributed by atoms with Gasteiger partial charge in [0.25, 0.3) is 6.43 Å². The van der Waals surface area contributed by atoms with Crippen LogP contribution in [0.2, 0.25) is 0 Å². The predicted octanol–water partition coefficient (Wildman–Crippen LogP) is 1.73. The lowest BCUT2D eigenvalue weighted by Crippen LogP contribution is -2.37. The van der Waals surface area contributed by atoms with Crippen molar-refractivity contribution in [2.24, 2.45) is 5.84 Å². The number of alkyl halides is 2. The maximum atomic E-state index is 11.8. The summed E-state index contributed by atoms with van der Waals surface area (Å²) in [6.45, 7) is -0.228. The van der Waals surface area contributed by atoms with Gasteiger partial charge in [0.05, 0.1) is 0 Å². The summed E-state index contributed by atoms with van der Waals surface area (Å²) in [4.78, 5) is 0. The quantitative estimate of drug-likeness (QED) is 0.416. The second kappa shape index (κ2) is 8.11. The third kappa shape index (κ3) is 6.31. The molecule has 0 bridgehead atoms. The van der Waals surface area contributed by atoms with Gasteiger partial charge in [-0.2, -0.15) is 0 Å². The number of hydrazine groups is 1. The van der Waals surface area contributed by atoms with Crippen molar-refractivity contribution in [1.29, 1.82) is 0 Å². The Hall–Kier alpha value is -1.04. The zero-order valence-corrected chi connectivity index (χ0v) is 9.61. The van der Waals surface area contributed by atoms with Crippen molar-refractivity contribution >= 4 is 0 Å². The average Bonchev–Trinajstić information content (AvgIpc) is 2.34. The molecule has 17 heavy (non-hydrogen) atoms. The zero-order valence-electron chi connectivity index (χ0n) is 9.61. The van der Waals surface area contributed by atoms with Crippen LogP contribution >= 0.6 is 0 Å². The predicted molar refractivity (Wildman–Crippen MR) is 62.7 cm³/mol. The molecule has 5 heteroatoms. The van der Waals surface area contributed by atoms with Crippen molar-refractivity contribution in [2.45, 2.75) is 25.3 Å². The SMILES string of the molecule is NNC(CCOCC(F)F)Cc1ccccc1. The van der Waals surface area contributed by atoms with Crippen LogP contribution in [0.5, 0.6) is 0 Å². The lowest BCUT2D eigenvalue weighted by Gasteiger charge is -2.15. The van der Waals surface area contributed by atoms with Crippen molar-refractivity contribution in [3.05, 3.63) is 35.9 Å². The number of nitrogens with one attached hydrogen (secondary N) is 1. The molecule has 0 aliphatic carbocycles. The molecule has 1 aromatic carbocycles. The Morgan fingerprint density at radius 1 is 1.24 bits per heavy atom. The lowest BCUT2D eigenvalue weighted by atomic mass is 10.0. The van der Waals surface area contributed by atoms with Gasteiger partial charge in [0, 0.05) is 12.6 Å². The van der Waals surface area contributed by atoms with Gasteiger partial charge in [0.15, 0.2) is 0 Å². The summed E-state index contributed by atoms with van der Waals surface area (Å²) in [7, 11) is 0. The van der Waals surface area contributed by atoms with Gasteiger partial charge >= 0.3 is 0 Å². The Bertz CT molecular complexity index is 296. The van der Waals surface area contributed by atoms with Crippen LogP contribution in [0.25, 0.3) is 0 Å². The highest BCUT2D eigenvalue weighted by atomic mass is 19.3. The number of halogens is 2. The highest BCUT2D eigenvalue weighted by molar-refractivity contribution is 5.15. The first kappa shape index (κ1) is 14.0. The Labute approximate surface area is 99.9 Å². The minimum atomic E-state index is -2.41. The van der Waals surface area contributed by atoms with Crippen LogP contribution in [0, 0.1) is 0 Å². The van der Waals surface area contributed by atoms with Crippen molar-refractivity contribution in [3.8, 4) is 0 Å². The van der Waals surface area contributed by atoms with Crippen molar-refractivity contribution in [1.82, 2.24) is 5.43 Å². The van der Waals surface area contributed by atoms with Gasteiger partial charge in [-0.3, -0.25) is 11.3 Å². The van der Waals surface area contributed by atoms with E-state index in [1.54, 1.807) is 0 Å². The van der Waals surface area contributed by atoms with Crippen LogP contribution in [0.15, 0.2) is 30.3 Å². The molecule has 1 atom stereocenters. The molecule has 0 aliphatic rings. The summed E-state index contributed by atoms with van der Waals surface area (Å²) in [6.07, 6.45) is -1.04. The molecule has 0 radical (unpaired) electrons. The number of hydrogen-bond acceptors (Lipinski definition) is 3. The number of rotatable bonds is 8. The topological polar surface area (TPSA) is 47.3 Å². The lowest BCUT2D eigenvalue weighted by molar-refractivity contribution is 0.0144. The molecule has 0 fully saturated rings. The van der Waals surface area contributed by atoms with E-state index in [2.05, 4.69) is 5.43 Å². The minimum absolute atomic E-state index is 0.0371. The van der Waals surface area contributed by atoms with Gasteiger partial charge in [-0.05, 0) is 18.4 Å². The molecule has 96 valence electrons. The molecule has 0 aromatic heterocycles. The molecule has 1 unspecified atom stereocenters. The van der Waals surface area contributed by atoms with E-state index < -0.39 is 13.0 Å². The van der Waals surface area contributed by atoms with Gasteiger partial charge in [-0.15, -0.1) is 0 Å². The second-order valence-corrected chi connectivity index (χ2v) is 3.81. The standard InChI is InChI=1S/C12H18F2N2O/c13-12(14)9-17-7-6-11(16-15)8-10-4-2-1-3-5-10/h1-5,11-12,16H,6-9,15H2. The fraction of sp³-hybridized carbons (Fsp3) is 0.500. The van der Waals surface area contributed by atoms with E-state index in [9.17, 15) is 8.78 Å². The van der Waals surface area contributed by atoms with Crippen LogP contribution in [0.3, 0.4) is 0 Å². The number of ether oxygens (including phenoxy) is 1. The molecule has 0 aliphatic heterocycles. The molecule has 0 saturated heterocycles. The normalized spacial score (nSPS) is 12.9. The molecule has 0 amide bonds. The molecule has 1 rings (SSSR count). The van der Waals surface area contributed by atoms with E-state index in [0.29, 0.717) is 6.42 Å². The first-order valence-corrected chi connectivity index (χ1v) is 5.58. The van der Waals surface area contributed by atoms with Gasteiger partial charge in [-0.1, -0.05) is 30.3 Å². The van der Waals surface area contributed by atoms with E-state index in [1.165, 1.54) is 0 Å². The Morgan fingerprint density at radius 2 is 1.94 bits per heavy atom. The van der Waals surface area contributed by atoms with Crippen LogP contribution in [0.4, 0.5) is 8.78 Å². The van der Waals surface area contributed by atoms with Gasteiger partial charge in [0.2, 0.25) is 0 Å². The van der Waals surface area contributed by atoms with Crippen molar-refractivity contribution in [3.63, 3.8) is 0 Å². The van der Waals surface area contributed by atoms with E-state index in [4.69, 9.17) is 10.6 Å². The van der Waals surface area contributed by atoms with Gasteiger partial charge in [-0.25, -0.2) is 8.78 Å². The fourth-order valence-electron chi connectivity index (χ4n) is 1.54. The molecule has 0 spiro atoms. The number of benzene rings is 1. The summed E-state index contributed by atoms with van der Waals surface area (Å²) in [6, 6.07) is 9.90. The Morgan fingerprint density at radius 3 is 2.53 bits per heavy atom. The largest absolute Gasteiger partial charge is 0.375 e. The summed E-state index contributed by atoms with van der Waals surface area (Å²) in [5.74, 6) is 5.41. The highest BCUT2D eigenvalue weighted by Crippen LogP contribution is 2.05. The zero-order chi connectivity index (χ0) is 12.5. The van der Waals surface area contributed by atoms with E-state index in [-0.39, 0.29) is 12.6 Å².